The zero-order chi connectivity index (χ0) is 14.0. The van der Waals surface area contributed by atoms with Crippen LogP contribution in [0.5, 0.6) is 0 Å². The van der Waals surface area contributed by atoms with Gasteiger partial charge >= 0.3 is 0 Å². The summed E-state index contributed by atoms with van der Waals surface area (Å²) in [4.78, 5) is 14.4. The molecule has 1 aromatic rings. The van der Waals surface area contributed by atoms with Crippen molar-refractivity contribution in [3.05, 3.63) is 33.8 Å². The van der Waals surface area contributed by atoms with Crippen LogP contribution < -0.4 is 0 Å². The first-order valence-electron chi connectivity index (χ1n) is 6.22. The third kappa shape index (κ3) is 3.93. The van der Waals surface area contributed by atoms with Gasteiger partial charge in [0.05, 0.1) is 23.8 Å². The van der Waals surface area contributed by atoms with Gasteiger partial charge in [-0.05, 0) is 32.0 Å². The molecule has 1 aliphatic rings. The van der Waals surface area contributed by atoms with Crippen molar-refractivity contribution in [2.45, 2.75) is 19.4 Å². The van der Waals surface area contributed by atoms with Crippen LogP contribution in [0.3, 0.4) is 0 Å². The Morgan fingerprint density at radius 3 is 2.84 bits per heavy atom. The SMILES string of the molecule is CC1(C)CN(CC(=O)c2cc(Cl)ccc2Cl)CCO1. The third-order valence-corrected chi connectivity index (χ3v) is 3.67. The highest BCUT2D eigenvalue weighted by atomic mass is 35.5. The van der Waals surface area contributed by atoms with E-state index < -0.39 is 0 Å². The number of ketones is 1. The first-order valence-corrected chi connectivity index (χ1v) is 6.97. The van der Waals surface area contributed by atoms with Crippen LogP contribution in [-0.4, -0.2) is 42.5 Å². The molecule has 0 spiro atoms. The highest BCUT2D eigenvalue weighted by Crippen LogP contribution is 2.22. The lowest BCUT2D eigenvalue weighted by Gasteiger charge is -2.37. The van der Waals surface area contributed by atoms with Gasteiger partial charge < -0.3 is 4.74 Å². The number of hydrogen-bond donors (Lipinski definition) is 0. The summed E-state index contributed by atoms with van der Waals surface area (Å²) in [5.74, 6) is -0.00907. The molecular weight excluding hydrogens is 285 g/mol. The largest absolute Gasteiger partial charge is 0.373 e. The second-order valence-corrected chi connectivity index (χ2v) is 6.21. The number of Topliss-reactive ketones (excluding diaryl/α,β-unsaturated/α-hetero) is 1. The molecule has 1 aromatic carbocycles. The molecule has 1 heterocycles. The van der Waals surface area contributed by atoms with Gasteiger partial charge in [-0.15, -0.1) is 0 Å². The van der Waals surface area contributed by atoms with Crippen molar-refractivity contribution in [3.8, 4) is 0 Å². The number of carbonyl (C=O) groups excluding carboxylic acids is 1. The van der Waals surface area contributed by atoms with Crippen LogP contribution in [0.25, 0.3) is 0 Å². The molecule has 2 rings (SSSR count). The second kappa shape index (κ2) is 5.80. The lowest BCUT2D eigenvalue weighted by molar-refractivity contribution is -0.0833. The van der Waals surface area contributed by atoms with Gasteiger partial charge in [0.2, 0.25) is 0 Å². The fraction of sp³-hybridized carbons (Fsp3) is 0.500. The topological polar surface area (TPSA) is 29.5 Å². The maximum Gasteiger partial charge on any atom is 0.178 e. The Morgan fingerprint density at radius 2 is 2.16 bits per heavy atom. The summed E-state index contributed by atoms with van der Waals surface area (Å²) < 4.78 is 5.63. The summed E-state index contributed by atoms with van der Waals surface area (Å²) in [6.07, 6.45) is 0. The van der Waals surface area contributed by atoms with E-state index in [2.05, 4.69) is 4.90 Å². The van der Waals surface area contributed by atoms with Gasteiger partial charge in [-0.2, -0.15) is 0 Å². The molecule has 1 fully saturated rings. The number of ether oxygens (including phenoxy) is 1. The lowest BCUT2D eigenvalue weighted by Crippen LogP contribution is -2.49. The third-order valence-electron chi connectivity index (χ3n) is 3.10. The molecule has 3 nitrogen and oxygen atoms in total. The highest BCUT2D eigenvalue weighted by Gasteiger charge is 2.28. The maximum absolute atomic E-state index is 12.3. The van der Waals surface area contributed by atoms with Gasteiger partial charge in [0, 0.05) is 23.7 Å². The molecule has 0 saturated carbocycles. The number of rotatable bonds is 3. The predicted octanol–water partition coefficient (Wildman–Crippen LogP) is 3.29. The number of carbonyl (C=O) groups is 1. The zero-order valence-electron chi connectivity index (χ0n) is 11.1. The molecule has 0 atom stereocenters. The molecule has 104 valence electrons. The first kappa shape index (κ1) is 14.8. The summed E-state index contributed by atoms with van der Waals surface area (Å²) in [5, 5.41) is 0.969. The Kier molecular flexibility index (Phi) is 4.51. The van der Waals surface area contributed by atoms with Crippen molar-refractivity contribution in [3.63, 3.8) is 0 Å². The highest BCUT2D eigenvalue weighted by molar-refractivity contribution is 6.36. The van der Waals surface area contributed by atoms with E-state index in [-0.39, 0.29) is 11.4 Å². The average Bonchev–Trinajstić information content (AvgIpc) is 2.31. The van der Waals surface area contributed by atoms with E-state index in [9.17, 15) is 4.79 Å². The van der Waals surface area contributed by atoms with E-state index in [0.717, 1.165) is 13.1 Å². The Labute approximate surface area is 123 Å². The summed E-state index contributed by atoms with van der Waals surface area (Å²) >= 11 is 11.9. The van der Waals surface area contributed by atoms with E-state index >= 15 is 0 Å². The van der Waals surface area contributed by atoms with Crippen LogP contribution >= 0.6 is 23.2 Å². The number of morpholine rings is 1. The van der Waals surface area contributed by atoms with E-state index in [1.807, 2.05) is 13.8 Å². The smallest absolute Gasteiger partial charge is 0.178 e. The summed E-state index contributed by atoms with van der Waals surface area (Å²) in [6, 6.07) is 4.96. The average molecular weight is 302 g/mol. The van der Waals surface area contributed by atoms with Crippen LogP contribution in [0.15, 0.2) is 18.2 Å². The fourth-order valence-corrected chi connectivity index (χ4v) is 2.64. The van der Waals surface area contributed by atoms with Gasteiger partial charge in [0.1, 0.15) is 0 Å². The van der Waals surface area contributed by atoms with Crippen LogP contribution in [0.1, 0.15) is 24.2 Å². The van der Waals surface area contributed by atoms with Crippen LogP contribution in [0.2, 0.25) is 10.0 Å². The molecule has 5 heteroatoms. The lowest BCUT2D eigenvalue weighted by atomic mass is 10.1. The van der Waals surface area contributed by atoms with Gasteiger partial charge in [-0.25, -0.2) is 0 Å². The number of hydrogen-bond acceptors (Lipinski definition) is 3. The standard InChI is InChI=1S/C14H17Cl2NO2/c1-14(2)9-17(5-6-19-14)8-13(18)11-7-10(15)3-4-12(11)16/h3-4,7H,5-6,8-9H2,1-2H3. The summed E-state index contributed by atoms with van der Waals surface area (Å²) in [6.45, 7) is 6.52. The molecule has 1 aliphatic heterocycles. The van der Waals surface area contributed by atoms with Crippen molar-refractivity contribution in [1.29, 1.82) is 0 Å². The van der Waals surface area contributed by atoms with E-state index in [1.165, 1.54) is 0 Å². The first-order chi connectivity index (χ1) is 8.87. The maximum atomic E-state index is 12.3. The molecule has 19 heavy (non-hydrogen) atoms. The fourth-order valence-electron chi connectivity index (χ4n) is 2.25. The predicted molar refractivity (Wildman–Crippen MR) is 77.3 cm³/mol. The molecule has 1 saturated heterocycles. The minimum Gasteiger partial charge on any atom is -0.373 e. The van der Waals surface area contributed by atoms with E-state index in [1.54, 1.807) is 18.2 Å². The number of nitrogens with zero attached hydrogens (tertiary/aromatic N) is 1. The summed E-state index contributed by atoms with van der Waals surface area (Å²) in [5.41, 5.74) is 0.273. The van der Waals surface area contributed by atoms with Gasteiger partial charge in [0.15, 0.2) is 5.78 Å². The molecule has 0 aliphatic carbocycles. The quantitative estimate of drug-likeness (QED) is 0.803. The Morgan fingerprint density at radius 1 is 1.42 bits per heavy atom. The van der Waals surface area contributed by atoms with Crippen molar-refractivity contribution in [1.82, 2.24) is 4.90 Å². The molecule has 0 radical (unpaired) electrons. The molecule has 0 amide bonds. The van der Waals surface area contributed by atoms with E-state index in [4.69, 9.17) is 27.9 Å². The second-order valence-electron chi connectivity index (χ2n) is 5.37. The Balaban J connectivity index is 2.06. The normalized spacial score (nSPS) is 19.4. The number of benzene rings is 1. The number of halogens is 2. The van der Waals surface area contributed by atoms with E-state index in [0.29, 0.717) is 28.8 Å². The zero-order valence-corrected chi connectivity index (χ0v) is 12.6. The van der Waals surface area contributed by atoms with Gasteiger partial charge in [0.25, 0.3) is 0 Å². The van der Waals surface area contributed by atoms with Crippen molar-refractivity contribution >= 4 is 29.0 Å². The monoisotopic (exact) mass is 301 g/mol. The van der Waals surface area contributed by atoms with Crippen molar-refractivity contribution in [2.75, 3.05) is 26.2 Å². The van der Waals surface area contributed by atoms with Crippen LogP contribution in [0.4, 0.5) is 0 Å². The van der Waals surface area contributed by atoms with Crippen LogP contribution in [0, 0.1) is 0 Å². The summed E-state index contributed by atoms with van der Waals surface area (Å²) in [7, 11) is 0. The van der Waals surface area contributed by atoms with Crippen molar-refractivity contribution in [2.24, 2.45) is 0 Å². The van der Waals surface area contributed by atoms with Gasteiger partial charge in [-0.3, -0.25) is 9.69 Å². The van der Waals surface area contributed by atoms with Crippen LogP contribution in [-0.2, 0) is 4.74 Å². The Hall–Kier alpha value is -0.610. The molecule has 0 N–H and O–H groups in total. The molecular formula is C14H17Cl2NO2. The van der Waals surface area contributed by atoms with Crippen molar-refractivity contribution < 1.29 is 9.53 Å². The molecule has 0 bridgehead atoms. The van der Waals surface area contributed by atoms with Gasteiger partial charge in [-0.1, -0.05) is 23.2 Å². The minimum atomic E-state index is -0.212. The molecule has 0 unspecified atom stereocenters. The molecule has 0 aromatic heterocycles. The minimum absolute atomic E-state index is 0.00907. The Bertz CT molecular complexity index is 488.